The van der Waals surface area contributed by atoms with Crippen molar-refractivity contribution in [3.8, 4) is 5.75 Å². The van der Waals surface area contributed by atoms with Crippen LogP contribution in [0.15, 0.2) is 59.8 Å². The molecule has 0 aliphatic heterocycles. The number of carboxylic acid groups (broad SMARTS) is 1. The molecule has 25 heavy (non-hydrogen) atoms. The summed E-state index contributed by atoms with van der Waals surface area (Å²) in [6, 6.07) is 9.45. The van der Waals surface area contributed by atoms with Crippen molar-refractivity contribution in [1.82, 2.24) is 8.96 Å². The van der Waals surface area contributed by atoms with Crippen molar-refractivity contribution in [2.75, 3.05) is 7.11 Å². The Labute approximate surface area is 143 Å². The third-order valence-corrected chi connectivity index (χ3v) is 5.19. The Morgan fingerprint density at radius 3 is 2.80 bits per heavy atom. The average molecular weight is 358 g/mol. The molecule has 0 saturated carbocycles. The number of aromatic nitrogens is 2. The van der Waals surface area contributed by atoms with Crippen LogP contribution in [0.3, 0.4) is 0 Å². The van der Waals surface area contributed by atoms with Gasteiger partial charge in [0.15, 0.2) is 5.65 Å². The molecule has 0 saturated heterocycles. The third-order valence-electron chi connectivity index (χ3n) is 3.53. The van der Waals surface area contributed by atoms with E-state index >= 15 is 0 Å². The lowest BCUT2D eigenvalue weighted by atomic mass is 10.2. The minimum absolute atomic E-state index is 0.0843. The average Bonchev–Trinajstić information content (AvgIpc) is 3.04. The predicted octanol–water partition coefficient (Wildman–Crippen LogP) is 2.38. The highest BCUT2D eigenvalue weighted by atomic mass is 32.2. The molecule has 0 unspecified atom stereocenters. The van der Waals surface area contributed by atoms with Crippen LogP contribution in [-0.4, -0.2) is 35.6 Å². The second-order valence-electron chi connectivity index (χ2n) is 5.15. The van der Waals surface area contributed by atoms with Crippen molar-refractivity contribution >= 4 is 33.1 Å². The molecule has 0 amide bonds. The maximum atomic E-state index is 12.9. The molecule has 128 valence electrons. The van der Waals surface area contributed by atoms with Gasteiger partial charge in [-0.15, -0.1) is 0 Å². The zero-order valence-corrected chi connectivity index (χ0v) is 14.0. The van der Waals surface area contributed by atoms with E-state index in [1.807, 2.05) is 0 Å². The van der Waals surface area contributed by atoms with Crippen molar-refractivity contribution in [2.24, 2.45) is 0 Å². The van der Waals surface area contributed by atoms with Crippen LogP contribution < -0.4 is 4.74 Å². The SMILES string of the molecule is COc1cccc(S(=O)(=O)n2ccc3cc(/C=C/C(=O)O)cnc32)c1. The molecule has 3 aromatic rings. The van der Waals surface area contributed by atoms with Gasteiger partial charge in [0, 0.05) is 29.9 Å². The van der Waals surface area contributed by atoms with Gasteiger partial charge in [0.25, 0.3) is 10.0 Å². The van der Waals surface area contributed by atoms with Crippen LogP contribution in [0.1, 0.15) is 5.56 Å². The number of hydrogen-bond acceptors (Lipinski definition) is 5. The summed E-state index contributed by atoms with van der Waals surface area (Å²) in [6.45, 7) is 0. The van der Waals surface area contributed by atoms with Crippen LogP contribution in [-0.2, 0) is 14.8 Å². The molecule has 0 aliphatic carbocycles. The number of nitrogens with zero attached hydrogens (tertiary/aromatic N) is 2. The highest BCUT2D eigenvalue weighted by Crippen LogP contribution is 2.24. The molecular weight excluding hydrogens is 344 g/mol. The molecule has 2 aromatic heterocycles. The largest absolute Gasteiger partial charge is 0.497 e. The van der Waals surface area contributed by atoms with Crippen molar-refractivity contribution in [3.63, 3.8) is 0 Å². The predicted molar refractivity (Wildman–Crippen MR) is 92.0 cm³/mol. The molecule has 0 bridgehead atoms. The van der Waals surface area contributed by atoms with E-state index in [2.05, 4.69) is 4.98 Å². The minimum Gasteiger partial charge on any atom is -0.497 e. The Morgan fingerprint density at radius 2 is 2.08 bits per heavy atom. The summed E-state index contributed by atoms with van der Waals surface area (Å²) in [5, 5.41) is 9.25. The summed E-state index contributed by atoms with van der Waals surface area (Å²) in [4.78, 5) is 14.8. The fraction of sp³-hybridized carbons (Fsp3) is 0.0588. The molecule has 8 heteroatoms. The van der Waals surface area contributed by atoms with Gasteiger partial charge in [0.05, 0.1) is 12.0 Å². The summed E-state index contributed by atoms with van der Waals surface area (Å²) in [7, 11) is -2.37. The Kier molecular flexibility index (Phi) is 4.28. The Bertz CT molecular complexity index is 1080. The van der Waals surface area contributed by atoms with Gasteiger partial charge < -0.3 is 9.84 Å². The van der Waals surface area contributed by atoms with E-state index in [9.17, 15) is 13.2 Å². The number of benzene rings is 1. The van der Waals surface area contributed by atoms with Crippen molar-refractivity contribution in [2.45, 2.75) is 4.90 Å². The lowest BCUT2D eigenvalue weighted by molar-refractivity contribution is -0.131. The number of pyridine rings is 1. The first kappa shape index (κ1) is 16.7. The summed E-state index contributed by atoms with van der Waals surface area (Å²) < 4.78 is 31.9. The highest BCUT2D eigenvalue weighted by Gasteiger charge is 2.20. The molecule has 1 N–H and O–H groups in total. The fourth-order valence-corrected chi connectivity index (χ4v) is 3.69. The van der Waals surface area contributed by atoms with Gasteiger partial charge in [0.2, 0.25) is 0 Å². The maximum Gasteiger partial charge on any atom is 0.328 e. The number of carbonyl (C=O) groups is 1. The van der Waals surface area contributed by atoms with Crippen LogP contribution in [0.5, 0.6) is 5.75 Å². The second kappa shape index (κ2) is 6.40. The first-order chi connectivity index (χ1) is 11.9. The molecule has 7 nitrogen and oxygen atoms in total. The number of hydrogen-bond donors (Lipinski definition) is 1. The van der Waals surface area contributed by atoms with E-state index in [4.69, 9.17) is 9.84 Å². The first-order valence-electron chi connectivity index (χ1n) is 7.19. The van der Waals surface area contributed by atoms with Crippen LogP contribution in [0, 0.1) is 0 Å². The highest BCUT2D eigenvalue weighted by molar-refractivity contribution is 7.90. The van der Waals surface area contributed by atoms with Crippen LogP contribution in [0.4, 0.5) is 0 Å². The van der Waals surface area contributed by atoms with Gasteiger partial charge in [-0.1, -0.05) is 6.07 Å². The molecule has 0 fully saturated rings. The molecular formula is C17H14N2O5S. The standard InChI is InChI=1S/C17H14N2O5S/c1-24-14-3-2-4-15(10-14)25(22,23)19-8-7-13-9-12(5-6-16(20)21)11-18-17(13)19/h2-11H,1H3,(H,20,21)/b6-5+. The lowest BCUT2D eigenvalue weighted by Crippen LogP contribution is -2.12. The fourth-order valence-electron chi connectivity index (χ4n) is 2.34. The van der Waals surface area contributed by atoms with E-state index in [0.717, 1.165) is 10.0 Å². The van der Waals surface area contributed by atoms with E-state index < -0.39 is 16.0 Å². The van der Waals surface area contributed by atoms with Crippen molar-refractivity contribution in [1.29, 1.82) is 0 Å². The zero-order valence-electron chi connectivity index (χ0n) is 13.2. The smallest absolute Gasteiger partial charge is 0.328 e. The number of ether oxygens (including phenoxy) is 1. The van der Waals surface area contributed by atoms with E-state index in [0.29, 0.717) is 16.7 Å². The van der Waals surface area contributed by atoms with Gasteiger partial charge >= 0.3 is 5.97 Å². The third kappa shape index (κ3) is 3.24. The molecule has 0 atom stereocenters. The van der Waals surface area contributed by atoms with Gasteiger partial charge in [-0.25, -0.2) is 22.2 Å². The summed E-state index contributed by atoms with van der Waals surface area (Å²) in [5.74, 6) is -0.634. The molecule has 0 aliphatic rings. The van der Waals surface area contributed by atoms with E-state index in [-0.39, 0.29) is 10.5 Å². The Morgan fingerprint density at radius 1 is 1.28 bits per heavy atom. The zero-order chi connectivity index (χ0) is 18.0. The van der Waals surface area contributed by atoms with Gasteiger partial charge in [-0.3, -0.25) is 0 Å². The maximum absolute atomic E-state index is 12.9. The van der Waals surface area contributed by atoms with Gasteiger partial charge in [-0.2, -0.15) is 0 Å². The molecule has 0 spiro atoms. The Balaban J connectivity index is 2.07. The minimum atomic E-state index is -3.83. The number of fused-ring (bicyclic) bond motifs is 1. The number of rotatable bonds is 5. The number of carboxylic acids is 1. The van der Waals surface area contributed by atoms with Crippen LogP contribution in [0.2, 0.25) is 0 Å². The topological polar surface area (TPSA) is 98.5 Å². The number of methoxy groups -OCH3 is 1. The second-order valence-corrected chi connectivity index (χ2v) is 6.96. The first-order valence-corrected chi connectivity index (χ1v) is 8.63. The number of aliphatic carboxylic acids is 1. The lowest BCUT2D eigenvalue weighted by Gasteiger charge is -2.08. The van der Waals surface area contributed by atoms with Crippen molar-refractivity contribution < 1.29 is 23.1 Å². The quantitative estimate of drug-likeness (QED) is 0.703. The molecule has 1 aromatic carbocycles. The van der Waals surface area contributed by atoms with Crippen LogP contribution >= 0.6 is 0 Å². The summed E-state index contributed by atoms with van der Waals surface area (Å²) >= 11 is 0. The molecule has 0 radical (unpaired) electrons. The Hall–Kier alpha value is -3.13. The van der Waals surface area contributed by atoms with E-state index in [1.54, 1.807) is 24.3 Å². The molecule has 3 rings (SSSR count). The monoisotopic (exact) mass is 358 g/mol. The summed E-state index contributed by atoms with van der Waals surface area (Å²) in [5.41, 5.74) is 0.821. The molecule has 2 heterocycles. The van der Waals surface area contributed by atoms with Gasteiger partial charge in [-0.05, 0) is 35.9 Å². The summed E-state index contributed by atoms with van der Waals surface area (Å²) in [6.07, 6.45) is 5.21. The van der Waals surface area contributed by atoms with E-state index in [1.165, 1.54) is 37.7 Å². The van der Waals surface area contributed by atoms with Crippen molar-refractivity contribution in [3.05, 3.63) is 60.4 Å². The van der Waals surface area contributed by atoms with Gasteiger partial charge in [0.1, 0.15) is 5.75 Å². The normalized spacial score (nSPS) is 11.9. The van der Waals surface area contributed by atoms with Crippen LogP contribution in [0.25, 0.3) is 17.1 Å².